The van der Waals surface area contributed by atoms with Crippen LogP contribution in [0.25, 0.3) is 0 Å². The van der Waals surface area contributed by atoms with Gasteiger partial charge in [0.05, 0.1) is 5.56 Å². The molecule has 1 fully saturated rings. The van der Waals surface area contributed by atoms with Crippen molar-refractivity contribution in [3.05, 3.63) is 35.1 Å². The smallest absolute Gasteiger partial charge is 0.145 e. The summed E-state index contributed by atoms with van der Waals surface area (Å²) in [5.41, 5.74) is 0.644. The van der Waals surface area contributed by atoms with E-state index in [4.69, 9.17) is 10.00 Å². The summed E-state index contributed by atoms with van der Waals surface area (Å²) in [6.45, 7) is 2.88. The van der Waals surface area contributed by atoms with Gasteiger partial charge in [0.15, 0.2) is 0 Å². The highest BCUT2D eigenvalue weighted by atomic mass is 19.1. The summed E-state index contributed by atoms with van der Waals surface area (Å²) < 4.78 is 19.2. The molecular weight excluding hydrogens is 243 g/mol. The summed E-state index contributed by atoms with van der Waals surface area (Å²) in [5, 5.41) is 11.9. The summed E-state index contributed by atoms with van der Waals surface area (Å²) in [7, 11) is 0. The van der Waals surface area contributed by atoms with Gasteiger partial charge in [-0.25, -0.2) is 4.39 Å². The average Bonchev–Trinajstić information content (AvgIpc) is 3.23. The Morgan fingerprint density at radius 1 is 1.42 bits per heavy atom. The molecule has 1 aliphatic rings. The van der Waals surface area contributed by atoms with Gasteiger partial charge in [-0.15, -0.1) is 0 Å². The highest BCUT2D eigenvalue weighted by Crippen LogP contribution is 2.28. The maximum atomic E-state index is 13.7. The van der Waals surface area contributed by atoms with E-state index in [9.17, 15) is 4.39 Å². The Hall–Kier alpha value is -1.44. The lowest BCUT2D eigenvalue weighted by Crippen LogP contribution is -2.17. The number of hydrogen-bond acceptors (Lipinski definition) is 3. The molecular formula is C15H19FN2O. The van der Waals surface area contributed by atoms with Gasteiger partial charge in [0.2, 0.25) is 0 Å². The van der Waals surface area contributed by atoms with E-state index in [1.807, 2.05) is 6.07 Å². The maximum absolute atomic E-state index is 13.7. The summed E-state index contributed by atoms with van der Waals surface area (Å²) in [6, 6.07) is 6.75. The molecule has 1 aromatic carbocycles. The highest BCUT2D eigenvalue weighted by molar-refractivity contribution is 5.34. The number of rotatable bonds is 8. The Kier molecular flexibility index (Phi) is 5.31. The van der Waals surface area contributed by atoms with Crippen LogP contribution >= 0.6 is 0 Å². The molecule has 1 aliphatic carbocycles. The second-order valence-corrected chi connectivity index (χ2v) is 4.94. The second-order valence-electron chi connectivity index (χ2n) is 4.94. The van der Waals surface area contributed by atoms with Crippen LogP contribution in [0, 0.1) is 23.1 Å². The zero-order chi connectivity index (χ0) is 13.5. The lowest BCUT2D eigenvalue weighted by molar-refractivity contribution is 0.122. The molecule has 1 N–H and O–H groups in total. The van der Waals surface area contributed by atoms with E-state index >= 15 is 0 Å². The van der Waals surface area contributed by atoms with Crippen molar-refractivity contribution in [2.45, 2.75) is 25.8 Å². The zero-order valence-electron chi connectivity index (χ0n) is 11.0. The van der Waals surface area contributed by atoms with Gasteiger partial charge in [0.1, 0.15) is 11.9 Å². The molecule has 0 heterocycles. The molecule has 0 radical (unpaired) electrons. The molecule has 102 valence electrons. The van der Waals surface area contributed by atoms with Gasteiger partial charge in [0, 0.05) is 25.3 Å². The quantitative estimate of drug-likeness (QED) is 0.732. The van der Waals surface area contributed by atoms with Crippen LogP contribution in [-0.4, -0.2) is 19.8 Å². The molecule has 4 heteroatoms. The van der Waals surface area contributed by atoms with E-state index in [2.05, 4.69) is 5.32 Å². The van der Waals surface area contributed by atoms with Crippen molar-refractivity contribution in [2.24, 2.45) is 5.92 Å². The number of nitrogens with zero attached hydrogens (tertiary/aromatic N) is 1. The van der Waals surface area contributed by atoms with Gasteiger partial charge < -0.3 is 10.1 Å². The van der Waals surface area contributed by atoms with Crippen LogP contribution in [0.1, 0.15) is 30.4 Å². The molecule has 0 aromatic heterocycles. The average molecular weight is 262 g/mol. The van der Waals surface area contributed by atoms with Crippen molar-refractivity contribution in [1.29, 1.82) is 5.26 Å². The van der Waals surface area contributed by atoms with Crippen molar-refractivity contribution in [1.82, 2.24) is 5.32 Å². The minimum atomic E-state index is -0.414. The van der Waals surface area contributed by atoms with Crippen LogP contribution in [0.3, 0.4) is 0 Å². The largest absolute Gasteiger partial charge is 0.381 e. The predicted molar refractivity (Wildman–Crippen MR) is 71.0 cm³/mol. The molecule has 0 spiro atoms. The third-order valence-electron chi connectivity index (χ3n) is 3.21. The zero-order valence-corrected chi connectivity index (χ0v) is 11.0. The number of ether oxygens (including phenoxy) is 1. The van der Waals surface area contributed by atoms with Gasteiger partial charge in [-0.1, -0.05) is 12.1 Å². The van der Waals surface area contributed by atoms with Gasteiger partial charge in [-0.2, -0.15) is 5.26 Å². The van der Waals surface area contributed by atoms with Gasteiger partial charge in [0.25, 0.3) is 0 Å². The van der Waals surface area contributed by atoms with E-state index in [-0.39, 0.29) is 5.56 Å². The maximum Gasteiger partial charge on any atom is 0.145 e. The molecule has 0 bridgehead atoms. The summed E-state index contributed by atoms with van der Waals surface area (Å²) >= 11 is 0. The molecule has 0 atom stereocenters. The van der Waals surface area contributed by atoms with E-state index in [0.717, 1.165) is 32.1 Å². The second kappa shape index (κ2) is 7.22. The Morgan fingerprint density at radius 2 is 2.26 bits per heavy atom. The van der Waals surface area contributed by atoms with Crippen LogP contribution in [0.2, 0.25) is 0 Å². The Morgan fingerprint density at radius 3 is 3.00 bits per heavy atom. The minimum Gasteiger partial charge on any atom is -0.381 e. The molecule has 2 rings (SSSR count). The topological polar surface area (TPSA) is 45.0 Å². The third-order valence-corrected chi connectivity index (χ3v) is 3.21. The van der Waals surface area contributed by atoms with Gasteiger partial charge in [-0.05, 0) is 37.8 Å². The summed E-state index contributed by atoms with van der Waals surface area (Å²) in [6.07, 6.45) is 3.55. The van der Waals surface area contributed by atoms with Crippen molar-refractivity contribution in [2.75, 3.05) is 19.8 Å². The van der Waals surface area contributed by atoms with Crippen molar-refractivity contribution < 1.29 is 9.13 Å². The van der Waals surface area contributed by atoms with E-state index in [0.29, 0.717) is 12.1 Å². The number of halogens is 1. The Bertz CT molecular complexity index is 452. The molecule has 19 heavy (non-hydrogen) atoms. The number of nitriles is 1. The first-order valence-corrected chi connectivity index (χ1v) is 6.77. The molecule has 0 unspecified atom stereocenters. The minimum absolute atomic E-state index is 0.104. The Labute approximate surface area is 113 Å². The van der Waals surface area contributed by atoms with Crippen LogP contribution in [0.15, 0.2) is 18.2 Å². The highest BCUT2D eigenvalue weighted by Gasteiger charge is 2.20. The summed E-state index contributed by atoms with van der Waals surface area (Å²) in [5.74, 6) is 0.387. The monoisotopic (exact) mass is 262 g/mol. The Balaban J connectivity index is 1.61. The lowest BCUT2D eigenvalue weighted by atomic mass is 10.1. The first kappa shape index (κ1) is 14.0. The predicted octanol–water partition coefficient (Wildman–Crippen LogP) is 2.60. The summed E-state index contributed by atoms with van der Waals surface area (Å²) in [4.78, 5) is 0. The van der Waals surface area contributed by atoms with Crippen molar-refractivity contribution >= 4 is 0 Å². The van der Waals surface area contributed by atoms with E-state index in [1.54, 1.807) is 12.1 Å². The standard InChI is InChI=1S/C15H19FN2O/c16-15-13(9-17)3-1-4-14(15)10-18-7-2-8-19-11-12-5-6-12/h1,3-4,12,18H,2,5-8,10-11H2. The normalized spacial score (nSPS) is 14.3. The fraction of sp³-hybridized carbons (Fsp3) is 0.533. The molecule has 1 saturated carbocycles. The SMILES string of the molecule is N#Cc1cccc(CNCCCOCC2CC2)c1F. The third kappa shape index (κ3) is 4.62. The van der Waals surface area contributed by atoms with E-state index < -0.39 is 5.82 Å². The molecule has 1 aromatic rings. The van der Waals surface area contributed by atoms with E-state index in [1.165, 1.54) is 18.9 Å². The number of hydrogen-bond donors (Lipinski definition) is 1. The van der Waals surface area contributed by atoms with Gasteiger partial charge >= 0.3 is 0 Å². The first-order chi connectivity index (χ1) is 9.31. The van der Waals surface area contributed by atoms with Gasteiger partial charge in [-0.3, -0.25) is 0 Å². The molecule has 0 saturated heterocycles. The van der Waals surface area contributed by atoms with Crippen molar-refractivity contribution in [3.8, 4) is 6.07 Å². The lowest BCUT2D eigenvalue weighted by Gasteiger charge is -2.07. The van der Waals surface area contributed by atoms with Crippen LogP contribution in [0.4, 0.5) is 4.39 Å². The molecule has 3 nitrogen and oxygen atoms in total. The van der Waals surface area contributed by atoms with Crippen molar-refractivity contribution in [3.63, 3.8) is 0 Å². The fourth-order valence-electron chi connectivity index (χ4n) is 1.86. The number of benzene rings is 1. The molecule has 0 amide bonds. The first-order valence-electron chi connectivity index (χ1n) is 6.77. The fourth-order valence-corrected chi connectivity index (χ4v) is 1.86. The van der Waals surface area contributed by atoms with Crippen LogP contribution in [-0.2, 0) is 11.3 Å². The van der Waals surface area contributed by atoms with Crippen LogP contribution < -0.4 is 5.32 Å². The van der Waals surface area contributed by atoms with Crippen LogP contribution in [0.5, 0.6) is 0 Å². The number of nitrogens with one attached hydrogen (secondary N) is 1. The molecule has 0 aliphatic heterocycles.